The highest BCUT2D eigenvalue weighted by atomic mass is 32.2. The zero-order valence-corrected chi connectivity index (χ0v) is 28.9. The van der Waals surface area contributed by atoms with E-state index in [0.717, 1.165) is 58.4 Å². The Morgan fingerprint density at radius 3 is 2.52 bits per heavy atom. The van der Waals surface area contributed by atoms with Crippen LogP contribution >= 0.6 is 0 Å². The van der Waals surface area contributed by atoms with Crippen molar-refractivity contribution in [2.45, 2.75) is 84.5 Å². The minimum atomic E-state index is -2.34. The summed E-state index contributed by atoms with van der Waals surface area (Å²) < 4.78 is 46.7. The second kappa shape index (κ2) is 14.5. The first-order chi connectivity index (χ1) is 21.9. The van der Waals surface area contributed by atoms with Gasteiger partial charge in [-0.2, -0.15) is 0 Å². The van der Waals surface area contributed by atoms with Crippen LogP contribution in [-0.4, -0.2) is 106 Å². The highest BCUT2D eigenvalue weighted by molar-refractivity contribution is 7.91. The van der Waals surface area contributed by atoms with Gasteiger partial charge in [0.1, 0.15) is 27.8 Å². The number of likely N-dealkylation sites (tertiary alicyclic amines) is 1. The number of aromatic nitrogens is 2. The minimum Gasteiger partial charge on any atom is -0.451 e. The van der Waals surface area contributed by atoms with Gasteiger partial charge in [0, 0.05) is 56.0 Å². The first-order valence-electron chi connectivity index (χ1n) is 16.5. The van der Waals surface area contributed by atoms with Crippen molar-refractivity contribution in [2.75, 3.05) is 57.0 Å². The molecule has 3 atom stereocenters. The Balaban J connectivity index is 1.16. The van der Waals surface area contributed by atoms with E-state index in [2.05, 4.69) is 28.9 Å². The lowest BCUT2D eigenvalue weighted by Crippen LogP contribution is -2.61. The van der Waals surface area contributed by atoms with Gasteiger partial charge in [0.15, 0.2) is 11.6 Å². The summed E-state index contributed by atoms with van der Waals surface area (Å²) in [6.45, 7) is 14.9. The number of carbonyl (C=O) groups is 1. The van der Waals surface area contributed by atoms with E-state index in [1.807, 2.05) is 34.6 Å². The van der Waals surface area contributed by atoms with E-state index in [0.29, 0.717) is 23.9 Å². The van der Waals surface area contributed by atoms with Gasteiger partial charge in [-0.05, 0) is 84.7 Å². The number of piperidine rings is 1. The molecule has 5 rings (SSSR count). The first kappa shape index (κ1) is 34.5. The number of amides is 1. The third-order valence-corrected chi connectivity index (χ3v) is 11.6. The lowest BCUT2D eigenvalue weighted by Gasteiger charge is -2.54. The molecule has 2 aromatic rings. The fourth-order valence-electron chi connectivity index (χ4n) is 7.00. The zero-order valence-electron chi connectivity index (χ0n) is 28.1. The predicted molar refractivity (Wildman–Crippen MR) is 178 cm³/mol. The van der Waals surface area contributed by atoms with Crippen molar-refractivity contribution >= 4 is 21.6 Å². The summed E-state index contributed by atoms with van der Waals surface area (Å²) in [5.74, 6) is 1.12. The van der Waals surface area contributed by atoms with Gasteiger partial charge in [0.2, 0.25) is 0 Å². The Bertz CT molecular complexity index is 1470. The number of halogens is 1. The smallest absolute Gasteiger partial charge is 0.258 e. The number of benzene rings is 1. The second-order valence-electron chi connectivity index (χ2n) is 13.5. The number of rotatable bonds is 11. The largest absolute Gasteiger partial charge is 0.451 e. The van der Waals surface area contributed by atoms with E-state index in [-0.39, 0.29) is 46.9 Å². The number of ether oxygens (including phenoxy) is 2. The molecule has 46 heavy (non-hydrogen) atoms. The predicted octanol–water partition coefficient (Wildman–Crippen LogP) is 4.74. The lowest BCUT2D eigenvalue weighted by molar-refractivity contribution is -0.0298. The Hall–Kier alpha value is -2.87. The molecule has 11 nitrogen and oxygen atoms in total. The first-order valence-corrected chi connectivity index (χ1v) is 18.2. The Morgan fingerprint density at radius 2 is 1.91 bits per heavy atom. The maximum Gasteiger partial charge on any atom is 0.258 e. The summed E-state index contributed by atoms with van der Waals surface area (Å²) in [4.78, 5) is 28.7. The zero-order chi connectivity index (χ0) is 33.1. The summed E-state index contributed by atoms with van der Waals surface area (Å²) in [7, 11) is -0.733. The number of hydrogen-bond donors (Lipinski definition) is 1. The number of hydrogen-bond acceptors (Lipinski definition) is 9. The molecule has 0 aliphatic carbocycles. The van der Waals surface area contributed by atoms with Gasteiger partial charge in [-0.25, -0.2) is 27.7 Å². The van der Waals surface area contributed by atoms with Crippen LogP contribution in [0.3, 0.4) is 0 Å². The summed E-state index contributed by atoms with van der Waals surface area (Å²) in [6.07, 6.45) is 7.38. The van der Waals surface area contributed by atoms with Crippen LogP contribution < -0.4 is 14.4 Å². The summed E-state index contributed by atoms with van der Waals surface area (Å²) in [5.41, 5.74) is 0.396. The molecule has 4 heterocycles. The van der Waals surface area contributed by atoms with Crippen LogP contribution in [0.5, 0.6) is 11.5 Å². The van der Waals surface area contributed by atoms with Crippen molar-refractivity contribution < 1.29 is 22.9 Å². The van der Waals surface area contributed by atoms with E-state index in [1.54, 1.807) is 18.1 Å². The third kappa shape index (κ3) is 7.80. The van der Waals surface area contributed by atoms with Crippen molar-refractivity contribution in [2.24, 2.45) is 9.78 Å². The summed E-state index contributed by atoms with van der Waals surface area (Å²) in [6, 6.07) is 4.01. The van der Waals surface area contributed by atoms with Crippen LogP contribution in [-0.2, 0) is 14.7 Å². The average molecular weight is 660 g/mol. The second-order valence-corrected chi connectivity index (χ2v) is 15.9. The molecule has 1 unspecified atom stereocenters. The summed E-state index contributed by atoms with van der Waals surface area (Å²) in [5, 5.41) is 0. The van der Waals surface area contributed by atoms with E-state index in [4.69, 9.17) is 9.47 Å². The van der Waals surface area contributed by atoms with Crippen LogP contribution in [0.4, 0.5) is 10.2 Å². The minimum absolute atomic E-state index is 0.0583. The molecule has 0 radical (unpaired) electrons. The van der Waals surface area contributed by atoms with Gasteiger partial charge in [-0.15, -0.1) is 0 Å². The monoisotopic (exact) mass is 659 g/mol. The summed E-state index contributed by atoms with van der Waals surface area (Å²) >= 11 is 0. The average Bonchev–Trinajstić information content (AvgIpc) is 3.02. The number of nitrogens with zero attached hydrogens (tertiary/aromatic N) is 6. The molecule has 0 saturated carbocycles. The van der Waals surface area contributed by atoms with E-state index in [9.17, 15) is 13.4 Å². The van der Waals surface area contributed by atoms with Crippen LogP contribution in [0.1, 0.15) is 70.7 Å². The van der Waals surface area contributed by atoms with Crippen molar-refractivity contribution in [1.82, 2.24) is 24.5 Å². The van der Waals surface area contributed by atoms with Crippen molar-refractivity contribution in [3.05, 3.63) is 42.1 Å². The molecule has 3 fully saturated rings. The van der Waals surface area contributed by atoms with E-state index in [1.165, 1.54) is 24.5 Å². The lowest BCUT2D eigenvalue weighted by atomic mass is 9.72. The number of nitrogens with one attached hydrogen (secondary N) is 1. The standard InChI is InChI=1S/C33H50FN7O4S/c1-7-46(43,35-6)38-26-9-10-27(44-19-26)18-39-14-12-33(13-15-39)20-40(21-33)31-30(17-36-22-37-31)45-29-11-8-25(34)16-28(29)32(42)41(23(2)3)24(4)5/h8,11,16-17,22-24,26-27H,7,9-10,12-15,18-21H2,1-6H3,(H,35,38,43)/t26-,27+,46?/m1/s1. The molecule has 254 valence electrons. The van der Waals surface area contributed by atoms with Gasteiger partial charge in [0.25, 0.3) is 5.91 Å². The van der Waals surface area contributed by atoms with Crippen LogP contribution in [0, 0.1) is 11.2 Å². The Kier molecular flexibility index (Phi) is 10.9. The quantitative estimate of drug-likeness (QED) is 0.368. The topological polar surface area (TPSA) is 112 Å². The molecule has 3 aliphatic heterocycles. The SMILES string of the molecule is CCS(=O)(=NC)N[C@@H]1CC[C@@H](CN2CCC3(CC2)CN(c2ncncc2Oc2ccc(F)cc2C(=O)N(C(C)C)C(C)C)C3)OC1. The van der Waals surface area contributed by atoms with Gasteiger partial charge in [-0.1, -0.05) is 6.92 Å². The fourth-order valence-corrected chi connectivity index (χ4v) is 8.23. The number of anilines is 1. The normalized spacial score (nSPS) is 22.8. The van der Waals surface area contributed by atoms with Gasteiger partial charge in [0.05, 0.1) is 24.5 Å². The van der Waals surface area contributed by atoms with Crippen LogP contribution in [0.15, 0.2) is 35.1 Å². The molecule has 1 amide bonds. The van der Waals surface area contributed by atoms with Gasteiger partial charge >= 0.3 is 0 Å². The highest BCUT2D eigenvalue weighted by Crippen LogP contribution is 2.45. The van der Waals surface area contributed by atoms with Crippen molar-refractivity contribution in [1.29, 1.82) is 0 Å². The molecule has 1 N–H and O–H groups in total. The third-order valence-electron chi connectivity index (χ3n) is 9.54. The molecule has 1 spiro atoms. The molecule has 1 aromatic carbocycles. The maximum atomic E-state index is 14.4. The number of carbonyl (C=O) groups excluding carboxylic acids is 1. The van der Waals surface area contributed by atoms with Gasteiger partial charge in [-0.3, -0.25) is 4.79 Å². The van der Waals surface area contributed by atoms with E-state index < -0.39 is 15.7 Å². The van der Waals surface area contributed by atoms with Crippen molar-refractivity contribution in [3.63, 3.8) is 0 Å². The van der Waals surface area contributed by atoms with Crippen LogP contribution in [0.2, 0.25) is 0 Å². The van der Waals surface area contributed by atoms with Crippen molar-refractivity contribution in [3.8, 4) is 11.5 Å². The molecule has 13 heteroatoms. The molecule has 3 saturated heterocycles. The van der Waals surface area contributed by atoms with Gasteiger partial charge < -0.3 is 24.2 Å². The molecule has 3 aliphatic rings. The molecular weight excluding hydrogens is 609 g/mol. The fraction of sp³-hybridized carbons (Fsp3) is 0.667. The molecular formula is C33H50FN7O4S. The maximum absolute atomic E-state index is 14.4. The van der Waals surface area contributed by atoms with Crippen LogP contribution in [0.25, 0.3) is 0 Å². The molecule has 0 bridgehead atoms. The highest BCUT2D eigenvalue weighted by Gasteiger charge is 2.46. The Morgan fingerprint density at radius 1 is 1.20 bits per heavy atom. The molecule has 1 aromatic heterocycles. The van der Waals surface area contributed by atoms with E-state index >= 15 is 0 Å². The Labute approximate surface area is 273 Å².